The van der Waals surface area contributed by atoms with Crippen molar-refractivity contribution in [2.24, 2.45) is 5.41 Å². The first-order chi connectivity index (χ1) is 9.39. The minimum atomic E-state index is -1.13. The van der Waals surface area contributed by atoms with Gasteiger partial charge in [0.2, 0.25) is 0 Å². The summed E-state index contributed by atoms with van der Waals surface area (Å²) in [5.41, 5.74) is -0.518. The van der Waals surface area contributed by atoms with Crippen LogP contribution >= 0.6 is 0 Å². The Morgan fingerprint density at radius 1 is 1.14 bits per heavy atom. The van der Waals surface area contributed by atoms with Gasteiger partial charge in [-0.3, -0.25) is 0 Å². The molecule has 0 aromatic heterocycles. The Bertz CT molecular complexity index is 514. The van der Waals surface area contributed by atoms with E-state index in [1.54, 1.807) is 0 Å². The van der Waals surface area contributed by atoms with Gasteiger partial charge in [0.1, 0.15) is 0 Å². The zero-order chi connectivity index (χ0) is 16.4. The zero-order valence-corrected chi connectivity index (χ0v) is 13.0. The van der Waals surface area contributed by atoms with Crippen LogP contribution < -0.4 is 10.6 Å². The van der Waals surface area contributed by atoms with Crippen molar-refractivity contribution in [3.63, 3.8) is 0 Å². The smallest absolute Gasteiger partial charge is 0.319 e. The van der Waals surface area contributed by atoms with Crippen LogP contribution in [-0.2, 0) is 0 Å². The number of amides is 2. The number of anilines is 1. The van der Waals surface area contributed by atoms with Crippen LogP contribution in [0.15, 0.2) is 12.1 Å². The van der Waals surface area contributed by atoms with Gasteiger partial charge in [0, 0.05) is 23.4 Å². The monoisotopic (exact) mass is 300 g/mol. The first kappa shape index (κ1) is 17.2. The molecule has 3 N–H and O–H groups in total. The van der Waals surface area contributed by atoms with Crippen molar-refractivity contribution < 1.29 is 18.7 Å². The summed E-state index contributed by atoms with van der Waals surface area (Å²) in [7, 11) is 0. The van der Waals surface area contributed by atoms with Gasteiger partial charge < -0.3 is 15.7 Å². The van der Waals surface area contributed by atoms with E-state index in [2.05, 4.69) is 31.4 Å². The van der Waals surface area contributed by atoms with Crippen LogP contribution in [-0.4, -0.2) is 16.7 Å². The van der Waals surface area contributed by atoms with Crippen molar-refractivity contribution in [2.75, 3.05) is 5.32 Å². The molecule has 4 nitrogen and oxygen atoms in total. The van der Waals surface area contributed by atoms with E-state index in [4.69, 9.17) is 5.11 Å². The largest absolute Gasteiger partial charge is 0.503 e. The second-order valence-corrected chi connectivity index (χ2v) is 6.99. The van der Waals surface area contributed by atoms with Crippen molar-refractivity contribution in [3.05, 3.63) is 23.8 Å². The maximum atomic E-state index is 13.2. The van der Waals surface area contributed by atoms with Crippen LogP contribution in [0.25, 0.3) is 0 Å². The molecule has 6 heteroatoms. The van der Waals surface area contributed by atoms with Gasteiger partial charge in [-0.05, 0) is 25.7 Å². The Labute approximate surface area is 123 Å². The minimum Gasteiger partial charge on any atom is -0.503 e. The fourth-order valence-electron chi connectivity index (χ4n) is 2.48. The number of hydrogen-bond donors (Lipinski definition) is 3. The molecular formula is C15H22F2N2O2. The molecule has 1 rings (SSSR count). The molecule has 0 unspecified atom stereocenters. The molecule has 0 aliphatic rings. The van der Waals surface area contributed by atoms with E-state index < -0.39 is 29.0 Å². The number of aromatic hydroxyl groups is 1. The summed E-state index contributed by atoms with van der Waals surface area (Å²) in [6.07, 6.45) is 0.728. The number of halogens is 2. The first-order valence-corrected chi connectivity index (χ1v) is 6.67. The summed E-state index contributed by atoms with van der Waals surface area (Å²) >= 11 is 0. The van der Waals surface area contributed by atoms with Crippen molar-refractivity contribution in [2.45, 2.75) is 46.6 Å². The van der Waals surface area contributed by atoms with Crippen LogP contribution in [0.2, 0.25) is 0 Å². The lowest BCUT2D eigenvalue weighted by Crippen LogP contribution is -2.47. The third-order valence-corrected chi connectivity index (χ3v) is 2.70. The van der Waals surface area contributed by atoms with Crippen LogP contribution in [0.3, 0.4) is 0 Å². The minimum absolute atomic E-state index is 0.0214. The van der Waals surface area contributed by atoms with Gasteiger partial charge in [-0.1, -0.05) is 20.8 Å². The second-order valence-electron chi connectivity index (χ2n) is 6.99. The molecule has 0 atom stereocenters. The molecule has 118 valence electrons. The van der Waals surface area contributed by atoms with Gasteiger partial charge >= 0.3 is 6.03 Å². The maximum absolute atomic E-state index is 13.2. The fourth-order valence-corrected chi connectivity index (χ4v) is 2.48. The third-order valence-electron chi connectivity index (χ3n) is 2.70. The highest BCUT2D eigenvalue weighted by atomic mass is 19.1. The topological polar surface area (TPSA) is 61.4 Å². The maximum Gasteiger partial charge on any atom is 0.319 e. The summed E-state index contributed by atoms with van der Waals surface area (Å²) in [4.78, 5) is 11.9. The molecule has 0 radical (unpaired) electrons. The fraction of sp³-hybridized carbons (Fsp3) is 0.533. The molecule has 1 aromatic rings. The predicted octanol–water partition coefficient (Wildman–Crippen LogP) is 4.01. The van der Waals surface area contributed by atoms with E-state index in [1.807, 2.05) is 13.8 Å². The van der Waals surface area contributed by atoms with E-state index in [0.717, 1.165) is 18.6 Å². The average Bonchev–Trinajstić information content (AvgIpc) is 2.20. The van der Waals surface area contributed by atoms with E-state index >= 15 is 0 Å². The van der Waals surface area contributed by atoms with Crippen molar-refractivity contribution in [1.29, 1.82) is 0 Å². The number of phenolic OH excluding ortho intramolecular Hbond substituents is 1. The number of nitrogens with one attached hydrogen (secondary N) is 2. The van der Waals surface area contributed by atoms with Gasteiger partial charge in [0.05, 0.1) is 0 Å². The van der Waals surface area contributed by atoms with E-state index in [-0.39, 0.29) is 11.1 Å². The molecule has 0 spiro atoms. The average molecular weight is 300 g/mol. The Hall–Kier alpha value is -1.85. The number of carbonyl (C=O) groups is 1. The number of urea groups is 1. The highest BCUT2D eigenvalue weighted by Gasteiger charge is 2.27. The molecule has 0 heterocycles. The van der Waals surface area contributed by atoms with Crippen LogP contribution in [0.1, 0.15) is 41.0 Å². The van der Waals surface area contributed by atoms with Crippen LogP contribution in [0, 0.1) is 17.0 Å². The molecule has 0 aliphatic heterocycles. The van der Waals surface area contributed by atoms with Crippen LogP contribution in [0.5, 0.6) is 5.75 Å². The Balaban J connectivity index is 2.74. The van der Waals surface area contributed by atoms with Gasteiger partial charge in [-0.25, -0.2) is 13.6 Å². The van der Waals surface area contributed by atoms with Crippen molar-refractivity contribution in [1.82, 2.24) is 5.32 Å². The second kappa shape index (κ2) is 5.87. The normalized spacial score (nSPS) is 12.1. The van der Waals surface area contributed by atoms with Crippen LogP contribution in [0.4, 0.5) is 19.3 Å². The van der Waals surface area contributed by atoms with Crippen molar-refractivity contribution in [3.8, 4) is 5.75 Å². The molecule has 1 aromatic carbocycles. The molecule has 2 amide bonds. The predicted molar refractivity (Wildman–Crippen MR) is 78.3 cm³/mol. The van der Waals surface area contributed by atoms with Gasteiger partial charge in [-0.2, -0.15) is 0 Å². The lowest BCUT2D eigenvalue weighted by Gasteiger charge is -2.33. The van der Waals surface area contributed by atoms with E-state index in [0.29, 0.717) is 0 Å². The molecule has 0 bridgehead atoms. The Morgan fingerprint density at radius 3 is 2.05 bits per heavy atom. The van der Waals surface area contributed by atoms with E-state index in [9.17, 15) is 13.6 Å². The third kappa shape index (κ3) is 5.57. The van der Waals surface area contributed by atoms with Gasteiger partial charge in [0.15, 0.2) is 17.4 Å². The summed E-state index contributed by atoms with van der Waals surface area (Å²) in [5, 5.41) is 14.1. The molecule has 0 saturated carbocycles. The summed E-state index contributed by atoms with van der Waals surface area (Å²) in [6.45, 7) is 9.91. The molecule has 21 heavy (non-hydrogen) atoms. The number of phenols is 1. The highest BCUT2D eigenvalue weighted by Crippen LogP contribution is 2.27. The standard InChI is InChI=1S/C15H22F2N2O2/c1-14(2,3)8-15(4,5)19-13(21)18-9-6-10(16)12(20)11(17)7-9/h6-7,20H,8H2,1-5H3,(H2,18,19,21). The molecule has 0 saturated heterocycles. The Morgan fingerprint density at radius 2 is 1.62 bits per heavy atom. The van der Waals surface area contributed by atoms with Gasteiger partial charge in [0.25, 0.3) is 0 Å². The van der Waals surface area contributed by atoms with Gasteiger partial charge in [-0.15, -0.1) is 0 Å². The van der Waals surface area contributed by atoms with Crippen molar-refractivity contribution >= 4 is 11.7 Å². The number of carbonyl (C=O) groups excluding carboxylic acids is 1. The number of rotatable bonds is 3. The molecule has 0 aliphatic carbocycles. The lowest BCUT2D eigenvalue weighted by molar-refractivity contribution is 0.220. The SMILES string of the molecule is CC(C)(C)CC(C)(C)NC(=O)Nc1cc(F)c(O)c(F)c1. The molecule has 0 fully saturated rings. The Kier molecular flexibility index (Phi) is 4.81. The van der Waals surface area contributed by atoms with E-state index in [1.165, 1.54) is 0 Å². The summed E-state index contributed by atoms with van der Waals surface area (Å²) in [5.74, 6) is -3.31. The number of benzene rings is 1. The first-order valence-electron chi connectivity index (χ1n) is 6.67. The summed E-state index contributed by atoms with van der Waals surface area (Å²) in [6, 6.07) is 1.15. The molecular weight excluding hydrogens is 278 g/mol. The zero-order valence-electron chi connectivity index (χ0n) is 13.0. The lowest BCUT2D eigenvalue weighted by atomic mass is 9.82. The highest BCUT2D eigenvalue weighted by molar-refractivity contribution is 5.89. The summed E-state index contributed by atoms with van der Waals surface area (Å²) < 4.78 is 26.4. The quantitative estimate of drug-likeness (QED) is 0.739. The number of hydrogen-bond acceptors (Lipinski definition) is 2.